The highest BCUT2D eigenvalue weighted by Crippen LogP contribution is 2.49. The quantitative estimate of drug-likeness (QED) is 0.731. The molecule has 1 heterocycles. The minimum atomic E-state index is -0.780. The van der Waals surface area contributed by atoms with E-state index in [0.29, 0.717) is 34.7 Å². The topological polar surface area (TPSA) is 64.1 Å². The molecule has 1 N–H and O–H groups in total. The second kappa shape index (κ2) is 8.65. The van der Waals surface area contributed by atoms with Crippen LogP contribution in [0.4, 0.5) is 4.39 Å². The Bertz CT molecular complexity index is 768. The van der Waals surface area contributed by atoms with E-state index in [9.17, 15) is 9.18 Å². The van der Waals surface area contributed by atoms with Gasteiger partial charge in [-0.25, -0.2) is 4.39 Å². The Morgan fingerprint density at radius 3 is 2.67 bits per heavy atom. The summed E-state index contributed by atoms with van der Waals surface area (Å²) in [6.07, 6.45) is 4.17. The predicted molar refractivity (Wildman–Crippen MR) is 102 cm³/mol. The summed E-state index contributed by atoms with van der Waals surface area (Å²) in [7, 11) is 0. The molecule has 0 radical (unpaired) electrons. The zero-order valence-corrected chi connectivity index (χ0v) is 16.1. The highest BCUT2D eigenvalue weighted by molar-refractivity contribution is 6.30. The third-order valence-electron chi connectivity index (χ3n) is 4.63. The lowest BCUT2D eigenvalue weighted by Crippen LogP contribution is -2.31. The van der Waals surface area contributed by atoms with Crippen molar-refractivity contribution in [1.29, 1.82) is 0 Å². The molecule has 27 heavy (non-hydrogen) atoms. The van der Waals surface area contributed by atoms with E-state index in [4.69, 9.17) is 16.3 Å². The number of amides is 1. The molecule has 144 valence electrons. The molecule has 0 saturated heterocycles. The van der Waals surface area contributed by atoms with Crippen LogP contribution in [0.3, 0.4) is 0 Å². The molecule has 0 aliphatic heterocycles. The molecule has 4 unspecified atom stereocenters. The molecule has 0 spiro atoms. The summed E-state index contributed by atoms with van der Waals surface area (Å²) >= 11 is 5.81. The molecule has 1 aliphatic rings. The van der Waals surface area contributed by atoms with E-state index in [-0.39, 0.29) is 18.6 Å². The van der Waals surface area contributed by atoms with E-state index in [1.165, 1.54) is 0 Å². The minimum Gasteiger partial charge on any atom is -0.484 e. The maximum absolute atomic E-state index is 13.1. The number of hydrogen-bond donors (Lipinski definition) is 1. The number of nitrogens with zero attached hydrogens (tertiary/aromatic N) is 2. The van der Waals surface area contributed by atoms with Crippen molar-refractivity contribution in [2.45, 2.75) is 44.8 Å². The third kappa shape index (κ3) is 5.63. The fourth-order valence-electron chi connectivity index (χ4n) is 3.09. The largest absolute Gasteiger partial charge is 0.484 e. The van der Waals surface area contributed by atoms with Crippen LogP contribution in [0.15, 0.2) is 36.7 Å². The maximum atomic E-state index is 13.1. The SMILES string of the molecule is CC(F)CC1CC1c1cnc(C(C)NC(=O)COc2ccc(Cl)cc2)cn1. The Hall–Kier alpha value is -2.21. The fraction of sp³-hybridized carbons (Fsp3) is 0.450. The van der Waals surface area contributed by atoms with Crippen LogP contribution in [0.5, 0.6) is 5.75 Å². The van der Waals surface area contributed by atoms with Gasteiger partial charge in [0.1, 0.15) is 5.75 Å². The highest BCUT2D eigenvalue weighted by atomic mass is 35.5. The van der Waals surface area contributed by atoms with Crippen molar-refractivity contribution in [3.05, 3.63) is 53.1 Å². The molecule has 4 atom stereocenters. The van der Waals surface area contributed by atoms with Crippen LogP contribution < -0.4 is 10.1 Å². The Kier molecular flexibility index (Phi) is 6.26. The van der Waals surface area contributed by atoms with Gasteiger partial charge in [0.25, 0.3) is 5.91 Å². The van der Waals surface area contributed by atoms with Gasteiger partial charge in [-0.3, -0.25) is 14.8 Å². The zero-order chi connectivity index (χ0) is 19.4. The average molecular weight is 392 g/mol. The number of hydrogen-bond acceptors (Lipinski definition) is 4. The lowest BCUT2D eigenvalue weighted by Gasteiger charge is -2.14. The number of aromatic nitrogens is 2. The lowest BCUT2D eigenvalue weighted by molar-refractivity contribution is -0.123. The van der Waals surface area contributed by atoms with Crippen molar-refractivity contribution in [2.24, 2.45) is 5.92 Å². The van der Waals surface area contributed by atoms with Gasteiger partial charge < -0.3 is 10.1 Å². The van der Waals surface area contributed by atoms with Crippen LogP contribution in [0.25, 0.3) is 0 Å². The molecular formula is C20H23ClFN3O2. The molecule has 1 aromatic heterocycles. The van der Waals surface area contributed by atoms with Gasteiger partial charge in [0.15, 0.2) is 6.61 Å². The second-order valence-corrected chi connectivity index (χ2v) is 7.45. The van der Waals surface area contributed by atoms with Crippen molar-refractivity contribution in [3.8, 4) is 5.75 Å². The van der Waals surface area contributed by atoms with Gasteiger partial charge in [0.05, 0.1) is 29.8 Å². The highest BCUT2D eigenvalue weighted by Gasteiger charge is 2.40. The first-order valence-corrected chi connectivity index (χ1v) is 9.44. The normalized spacial score (nSPS) is 20.6. The molecule has 2 aromatic rings. The number of rotatable bonds is 8. The first-order chi connectivity index (χ1) is 12.9. The molecule has 1 aromatic carbocycles. The average Bonchev–Trinajstić information content (AvgIpc) is 3.39. The molecular weight excluding hydrogens is 369 g/mol. The van der Waals surface area contributed by atoms with E-state index >= 15 is 0 Å². The number of ether oxygens (including phenoxy) is 1. The van der Waals surface area contributed by atoms with Gasteiger partial charge >= 0.3 is 0 Å². The lowest BCUT2D eigenvalue weighted by atomic mass is 10.1. The summed E-state index contributed by atoms with van der Waals surface area (Å²) in [6, 6.07) is 6.53. The van der Waals surface area contributed by atoms with Gasteiger partial charge in [-0.15, -0.1) is 0 Å². The smallest absolute Gasteiger partial charge is 0.258 e. The van der Waals surface area contributed by atoms with Crippen LogP contribution in [0.1, 0.15) is 50.0 Å². The fourth-order valence-corrected chi connectivity index (χ4v) is 3.21. The molecule has 1 fully saturated rings. The first-order valence-electron chi connectivity index (χ1n) is 9.06. The van der Waals surface area contributed by atoms with Crippen LogP contribution >= 0.6 is 11.6 Å². The van der Waals surface area contributed by atoms with Crippen LogP contribution in [-0.2, 0) is 4.79 Å². The molecule has 7 heteroatoms. The van der Waals surface area contributed by atoms with E-state index in [2.05, 4.69) is 15.3 Å². The van der Waals surface area contributed by atoms with Gasteiger partial charge in [0.2, 0.25) is 0 Å². The number of nitrogens with one attached hydrogen (secondary N) is 1. The summed E-state index contributed by atoms with van der Waals surface area (Å²) in [4.78, 5) is 20.9. The first kappa shape index (κ1) is 19.5. The van der Waals surface area contributed by atoms with E-state index in [0.717, 1.165) is 12.1 Å². The predicted octanol–water partition coefficient (Wildman–Crippen LogP) is 4.24. The summed E-state index contributed by atoms with van der Waals surface area (Å²) in [6.45, 7) is 3.34. The van der Waals surface area contributed by atoms with E-state index in [1.54, 1.807) is 43.6 Å². The van der Waals surface area contributed by atoms with Crippen LogP contribution in [0.2, 0.25) is 5.02 Å². The van der Waals surface area contributed by atoms with Crippen molar-refractivity contribution in [1.82, 2.24) is 15.3 Å². The van der Waals surface area contributed by atoms with Crippen molar-refractivity contribution < 1.29 is 13.9 Å². The Labute approximate surface area is 163 Å². The van der Waals surface area contributed by atoms with Gasteiger partial charge in [-0.2, -0.15) is 0 Å². The van der Waals surface area contributed by atoms with Crippen molar-refractivity contribution in [3.63, 3.8) is 0 Å². The van der Waals surface area contributed by atoms with E-state index in [1.807, 2.05) is 6.92 Å². The number of carbonyl (C=O) groups excluding carboxylic acids is 1. The van der Waals surface area contributed by atoms with Crippen LogP contribution in [-0.4, -0.2) is 28.7 Å². The summed E-state index contributed by atoms with van der Waals surface area (Å²) in [5.41, 5.74) is 1.57. The number of alkyl halides is 1. The Morgan fingerprint density at radius 1 is 1.30 bits per heavy atom. The molecule has 5 nitrogen and oxygen atoms in total. The van der Waals surface area contributed by atoms with Gasteiger partial charge in [0, 0.05) is 17.1 Å². The van der Waals surface area contributed by atoms with Crippen molar-refractivity contribution in [2.75, 3.05) is 6.61 Å². The number of benzene rings is 1. The zero-order valence-electron chi connectivity index (χ0n) is 15.4. The number of carbonyl (C=O) groups is 1. The summed E-state index contributed by atoms with van der Waals surface area (Å²) in [5.74, 6) is 1.00. The number of halogens is 2. The molecule has 1 aliphatic carbocycles. The molecule has 0 bridgehead atoms. The van der Waals surface area contributed by atoms with Crippen LogP contribution in [0, 0.1) is 5.92 Å². The van der Waals surface area contributed by atoms with Crippen molar-refractivity contribution >= 4 is 17.5 Å². The monoisotopic (exact) mass is 391 g/mol. The molecule has 3 rings (SSSR count). The maximum Gasteiger partial charge on any atom is 0.258 e. The van der Waals surface area contributed by atoms with Gasteiger partial charge in [-0.1, -0.05) is 11.6 Å². The van der Waals surface area contributed by atoms with Gasteiger partial charge in [-0.05, 0) is 56.9 Å². The standard InChI is InChI=1S/C20H23ClFN3O2/c1-12(22)7-14-8-17(14)19-10-23-18(9-24-19)13(2)25-20(26)11-27-16-5-3-15(21)4-6-16/h3-6,9-10,12-14,17H,7-8,11H2,1-2H3,(H,25,26). The molecule has 1 amide bonds. The summed E-state index contributed by atoms with van der Waals surface area (Å²) < 4.78 is 18.5. The Morgan fingerprint density at radius 2 is 2.04 bits per heavy atom. The molecule has 1 saturated carbocycles. The minimum absolute atomic E-state index is 0.0946. The Balaban J connectivity index is 1.47. The van der Waals surface area contributed by atoms with E-state index < -0.39 is 6.17 Å². The second-order valence-electron chi connectivity index (χ2n) is 7.02. The third-order valence-corrected chi connectivity index (χ3v) is 4.88. The summed E-state index contributed by atoms with van der Waals surface area (Å²) in [5, 5.41) is 3.45.